The summed E-state index contributed by atoms with van der Waals surface area (Å²) in [5.74, 6) is 0. The Morgan fingerprint density at radius 1 is 0.875 bits per heavy atom. The van der Waals surface area contributed by atoms with Crippen LogP contribution in [-0.2, 0) is 10.9 Å². The molecule has 0 saturated carbocycles. The van der Waals surface area contributed by atoms with Gasteiger partial charge in [0.1, 0.15) is 0 Å². The molecule has 0 unspecified atom stereocenters. The van der Waals surface area contributed by atoms with Crippen molar-refractivity contribution in [3.05, 3.63) is 71.8 Å². The zero-order valence-electron chi connectivity index (χ0n) is 8.89. The van der Waals surface area contributed by atoms with E-state index in [1.54, 1.807) is 0 Å². The van der Waals surface area contributed by atoms with Crippen LogP contribution in [0.4, 0.5) is 0 Å². The Morgan fingerprint density at radius 2 is 1.44 bits per heavy atom. The number of hydrogen-bond acceptors (Lipinski definition) is 1. The zero-order chi connectivity index (χ0) is 11.2. The van der Waals surface area contributed by atoms with Crippen molar-refractivity contribution >= 4 is 14.2 Å². The van der Waals surface area contributed by atoms with Crippen molar-refractivity contribution in [1.29, 1.82) is 0 Å². The highest BCUT2D eigenvalue weighted by Gasteiger charge is 2.02. The summed E-state index contributed by atoms with van der Waals surface area (Å²) in [6.45, 7) is 0. The summed E-state index contributed by atoms with van der Waals surface area (Å²) in [6.07, 6.45) is 0.757. The molecule has 0 aliphatic carbocycles. The minimum absolute atomic E-state index is 0.381. The van der Waals surface area contributed by atoms with Crippen molar-refractivity contribution in [2.24, 2.45) is 0 Å². The summed E-state index contributed by atoms with van der Waals surface area (Å²) in [5, 5.41) is 0.979. The van der Waals surface area contributed by atoms with Crippen LogP contribution in [-0.4, -0.2) is 14.2 Å². The lowest BCUT2D eigenvalue weighted by molar-refractivity contribution is 0.587. The van der Waals surface area contributed by atoms with Gasteiger partial charge in [-0.1, -0.05) is 60.7 Å². The van der Waals surface area contributed by atoms with E-state index in [0.29, 0.717) is 0 Å². The average Bonchev–Trinajstić information content (AvgIpc) is 2.38. The van der Waals surface area contributed by atoms with Crippen LogP contribution in [0.1, 0.15) is 11.1 Å². The molecule has 0 atom stereocenters. The molecule has 0 aliphatic heterocycles. The maximum Gasteiger partial charge on any atom is 0.265 e. The summed E-state index contributed by atoms with van der Waals surface area (Å²) in [4.78, 5) is 0. The maximum atomic E-state index is 11.2. The molecule has 78 valence electrons. The first-order valence-electron chi connectivity index (χ1n) is 5.23. The van der Waals surface area contributed by atoms with Crippen molar-refractivity contribution in [1.82, 2.24) is 0 Å². The quantitative estimate of drug-likeness (QED) is 0.732. The molecule has 0 amide bonds. The molecule has 0 saturated heterocycles. The van der Waals surface area contributed by atoms with Crippen LogP contribution >= 0.6 is 0 Å². The first kappa shape index (κ1) is 10.8. The van der Waals surface area contributed by atoms with Crippen LogP contribution in [0.5, 0.6) is 0 Å². The lowest BCUT2D eigenvalue weighted by Crippen LogP contribution is -2.06. The van der Waals surface area contributed by atoms with Gasteiger partial charge in [0.2, 0.25) is 0 Å². The lowest BCUT2D eigenvalue weighted by atomic mass is 10.0. The molecule has 0 heterocycles. The summed E-state index contributed by atoms with van der Waals surface area (Å²) >= 11 is 0. The average molecular weight is 224 g/mol. The summed E-state index contributed by atoms with van der Waals surface area (Å²) < 4.78 is 11.2. The van der Waals surface area contributed by atoms with Crippen molar-refractivity contribution in [3.63, 3.8) is 0 Å². The standard InChI is InChI=1S/C14H12OSi/c15-16-14(13-9-5-2-6-10-13)11-12-7-3-1-4-8-12/h1-10H,11H2. The molecule has 0 bridgehead atoms. The molecule has 2 aromatic carbocycles. The van der Waals surface area contributed by atoms with Gasteiger partial charge in [-0.2, -0.15) is 0 Å². The van der Waals surface area contributed by atoms with E-state index in [2.05, 4.69) is 12.1 Å². The van der Waals surface area contributed by atoms with Gasteiger partial charge >= 0.3 is 0 Å². The molecule has 2 heteroatoms. The van der Waals surface area contributed by atoms with E-state index in [-0.39, 0.29) is 9.02 Å². The Morgan fingerprint density at radius 3 is 2.00 bits per heavy atom. The molecule has 2 rings (SSSR count). The largest absolute Gasteiger partial charge is 0.325 e. The van der Waals surface area contributed by atoms with Gasteiger partial charge in [-0.25, -0.2) is 0 Å². The van der Waals surface area contributed by atoms with Gasteiger partial charge in [-0.3, -0.25) is 0 Å². The van der Waals surface area contributed by atoms with Crippen LogP contribution in [0, 0.1) is 0 Å². The second kappa shape index (κ2) is 5.42. The van der Waals surface area contributed by atoms with Gasteiger partial charge in [0.15, 0.2) is 0 Å². The fourth-order valence-electron chi connectivity index (χ4n) is 1.64. The first-order valence-corrected chi connectivity index (χ1v) is 6.14. The number of benzene rings is 2. The normalized spacial score (nSPS) is 9.50. The predicted octanol–water partition coefficient (Wildman–Crippen LogP) is 2.50. The van der Waals surface area contributed by atoms with Crippen LogP contribution < -0.4 is 0 Å². The first-order chi connectivity index (χ1) is 7.90. The van der Waals surface area contributed by atoms with E-state index >= 15 is 0 Å². The monoisotopic (exact) mass is 224 g/mol. The van der Waals surface area contributed by atoms with Crippen LogP contribution in [0.15, 0.2) is 60.7 Å². The smallest absolute Gasteiger partial charge is 0.265 e. The molecule has 0 N–H and O–H groups in total. The fraction of sp³-hybridized carbons (Fsp3) is 0.0714. The summed E-state index contributed by atoms with van der Waals surface area (Å²) in [5.41, 5.74) is 2.27. The maximum absolute atomic E-state index is 11.2. The molecule has 0 aromatic heterocycles. The molecule has 0 spiro atoms. The number of rotatable bonds is 3. The van der Waals surface area contributed by atoms with Gasteiger partial charge in [0, 0.05) is 11.6 Å². The zero-order valence-corrected chi connectivity index (χ0v) is 9.89. The van der Waals surface area contributed by atoms with E-state index in [9.17, 15) is 4.46 Å². The highest BCUT2D eigenvalue weighted by atomic mass is 28.2. The molecule has 16 heavy (non-hydrogen) atoms. The molecule has 0 fully saturated rings. The second-order valence-corrected chi connectivity index (χ2v) is 4.42. The Labute approximate surface area is 97.3 Å². The minimum atomic E-state index is -0.381. The highest BCUT2D eigenvalue weighted by molar-refractivity contribution is 6.48. The van der Waals surface area contributed by atoms with E-state index in [1.807, 2.05) is 48.5 Å². The van der Waals surface area contributed by atoms with E-state index in [4.69, 9.17) is 0 Å². The SMILES string of the molecule is O=[Si]=C(Cc1ccccc1)c1ccccc1. The predicted molar refractivity (Wildman–Crippen MR) is 67.1 cm³/mol. The highest BCUT2D eigenvalue weighted by Crippen LogP contribution is 2.06. The second-order valence-electron chi connectivity index (χ2n) is 3.61. The van der Waals surface area contributed by atoms with Crippen molar-refractivity contribution in [3.8, 4) is 0 Å². The van der Waals surface area contributed by atoms with Gasteiger partial charge in [-0.05, 0) is 11.1 Å². The van der Waals surface area contributed by atoms with E-state index in [0.717, 1.165) is 17.2 Å². The Bertz CT molecular complexity index is 499. The van der Waals surface area contributed by atoms with Crippen LogP contribution in [0.3, 0.4) is 0 Å². The summed E-state index contributed by atoms with van der Waals surface area (Å²) in [7, 11) is -0.381. The third-order valence-corrected chi connectivity index (χ3v) is 3.18. The Hall–Kier alpha value is -1.67. The topological polar surface area (TPSA) is 17.1 Å². The van der Waals surface area contributed by atoms with Crippen LogP contribution in [0.25, 0.3) is 0 Å². The van der Waals surface area contributed by atoms with Gasteiger partial charge < -0.3 is 4.46 Å². The lowest BCUT2D eigenvalue weighted by Gasteiger charge is -2.03. The molecular formula is C14H12OSi. The van der Waals surface area contributed by atoms with Gasteiger partial charge in [-0.15, -0.1) is 0 Å². The van der Waals surface area contributed by atoms with Gasteiger partial charge in [0.25, 0.3) is 9.02 Å². The van der Waals surface area contributed by atoms with Crippen molar-refractivity contribution in [2.75, 3.05) is 0 Å². The Balaban J connectivity index is 2.24. The van der Waals surface area contributed by atoms with E-state index in [1.165, 1.54) is 5.56 Å². The van der Waals surface area contributed by atoms with Crippen LogP contribution in [0.2, 0.25) is 0 Å². The van der Waals surface area contributed by atoms with Gasteiger partial charge in [0.05, 0.1) is 0 Å². The number of hydrogen-bond donors (Lipinski definition) is 0. The minimum Gasteiger partial charge on any atom is -0.325 e. The molecule has 0 aliphatic rings. The fourth-order valence-corrected chi connectivity index (χ4v) is 2.20. The van der Waals surface area contributed by atoms with E-state index < -0.39 is 0 Å². The van der Waals surface area contributed by atoms with Crippen molar-refractivity contribution < 1.29 is 4.46 Å². The molecule has 0 radical (unpaired) electrons. The third kappa shape index (κ3) is 2.67. The molecule has 2 aromatic rings. The molecular weight excluding hydrogens is 212 g/mol. The van der Waals surface area contributed by atoms with Crippen molar-refractivity contribution in [2.45, 2.75) is 6.42 Å². The summed E-state index contributed by atoms with van der Waals surface area (Å²) in [6, 6.07) is 20.0. The Kier molecular flexibility index (Phi) is 3.67. The molecule has 1 nitrogen and oxygen atoms in total. The third-order valence-electron chi connectivity index (χ3n) is 2.47.